The third-order valence-corrected chi connectivity index (χ3v) is 2.92. The van der Waals surface area contributed by atoms with Gasteiger partial charge in [-0.25, -0.2) is 0 Å². The van der Waals surface area contributed by atoms with Crippen molar-refractivity contribution < 1.29 is 9.53 Å². The van der Waals surface area contributed by atoms with Gasteiger partial charge in [-0.2, -0.15) is 0 Å². The number of nitrogens with one attached hydrogen (secondary N) is 1. The first-order valence-corrected chi connectivity index (χ1v) is 5.78. The molecule has 0 fully saturated rings. The first-order chi connectivity index (χ1) is 7.83. The van der Waals surface area contributed by atoms with Gasteiger partial charge in [-0.15, -0.1) is 0 Å². The van der Waals surface area contributed by atoms with Crippen LogP contribution in [0.25, 0.3) is 0 Å². The van der Waals surface area contributed by atoms with Gasteiger partial charge in [0.2, 0.25) is 0 Å². The number of benzene rings is 1. The average Bonchev–Trinajstić information content (AvgIpc) is 2.51. The third-order valence-electron chi connectivity index (χ3n) is 2.92. The van der Waals surface area contributed by atoms with Crippen LogP contribution in [0.3, 0.4) is 0 Å². The average molecular weight is 219 g/mol. The molecule has 1 aliphatic rings. The predicted octanol–water partition coefficient (Wildman–Crippen LogP) is 1.48. The molecule has 1 heterocycles. The molecule has 1 atom stereocenters. The van der Waals surface area contributed by atoms with E-state index < -0.39 is 0 Å². The van der Waals surface area contributed by atoms with Crippen LogP contribution >= 0.6 is 0 Å². The molecule has 1 aromatic rings. The fraction of sp³-hybridized carbons (Fsp3) is 0.462. The first-order valence-electron chi connectivity index (χ1n) is 5.78. The lowest BCUT2D eigenvalue weighted by Crippen LogP contribution is -2.27. The van der Waals surface area contributed by atoms with Crippen molar-refractivity contribution in [2.45, 2.75) is 19.3 Å². The van der Waals surface area contributed by atoms with E-state index in [1.807, 2.05) is 25.1 Å². The minimum absolute atomic E-state index is 0.121. The maximum absolute atomic E-state index is 11.9. The van der Waals surface area contributed by atoms with Crippen molar-refractivity contribution >= 4 is 5.97 Å². The minimum Gasteiger partial charge on any atom is -0.465 e. The summed E-state index contributed by atoms with van der Waals surface area (Å²) >= 11 is 0. The van der Waals surface area contributed by atoms with Crippen LogP contribution in [-0.2, 0) is 16.0 Å². The molecule has 86 valence electrons. The van der Waals surface area contributed by atoms with E-state index in [1.54, 1.807) is 0 Å². The fourth-order valence-corrected chi connectivity index (χ4v) is 2.13. The van der Waals surface area contributed by atoms with Gasteiger partial charge in [0.05, 0.1) is 12.5 Å². The lowest BCUT2D eigenvalue weighted by atomic mass is 9.94. The van der Waals surface area contributed by atoms with Crippen molar-refractivity contribution in [2.75, 3.05) is 19.7 Å². The standard InChI is InChI=1S/C13H17NO2/c1-2-16-13(15)12-9-14-8-7-10-5-3-4-6-11(10)12/h3-6,12,14H,2,7-9H2,1H3. The van der Waals surface area contributed by atoms with Gasteiger partial charge in [0.15, 0.2) is 0 Å². The van der Waals surface area contributed by atoms with Crippen LogP contribution in [-0.4, -0.2) is 25.7 Å². The Balaban J connectivity index is 2.28. The zero-order chi connectivity index (χ0) is 11.4. The molecule has 0 radical (unpaired) electrons. The van der Waals surface area contributed by atoms with Crippen LogP contribution in [0.1, 0.15) is 24.0 Å². The Morgan fingerprint density at radius 2 is 2.31 bits per heavy atom. The number of fused-ring (bicyclic) bond motifs is 1. The molecule has 0 spiro atoms. The van der Waals surface area contributed by atoms with Crippen LogP contribution in [0.5, 0.6) is 0 Å². The van der Waals surface area contributed by atoms with Gasteiger partial charge in [-0.1, -0.05) is 24.3 Å². The minimum atomic E-state index is -0.154. The van der Waals surface area contributed by atoms with E-state index in [2.05, 4.69) is 11.4 Å². The van der Waals surface area contributed by atoms with E-state index in [-0.39, 0.29) is 11.9 Å². The molecule has 1 aliphatic heterocycles. The first kappa shape index (κ1) is 11.1. The van der Waals surface area contributed by atoms with Crippen molar-refractivity contribution in [3.8, 4) is 0 Å². The maximum atomic E-state index is 11.9. The zero-order valence-corrected chi connectivity index (χ0v) is 9.53. The van der Waals surface area contributed by atoms with Crippen molar-refractivity contribution in [3.05, 3.63) is 35.4 Å². The number of carbonyl (C=O) groups excluding carboxylic acids is 1. The number of ether oxygens (including phenoxy) is 1. The Labute approximate surface area is 95.8 Å². The molecule has 1 aromatic carbocycles. The maximum Gasteiger partial charge on any atom is 0.314 e. The quantitative estimate of drug-likeness (QED) is 0.766. The Morgan fingerprint density at radius 1 is 1.50 bits per heavy atom. The Kier molecular flexibility index (Phi) is 3.57. The van der Waals surface area contributed by atoms with Crippen molar-refractivity contribution in [2.24, 2.45) is 0 Å². The van der Waals surface area contributed by atoms with Gasteiger partial charge < -0.3 is 10.1 Å². The van der Waals surface area contributed by atoms with E-state index in [4.69, 9.17) is 4.74 Å². The highest BCUT2D eigenvalue weighted by Gasteiger charge is 2.25. The number of esters is 1. The predicted molar refractivity (Wildman–Crippen MR) is 62.4 cm³/mol. The second-order valence-corrected chi connectivity index (χ2v) is 3.96. The van der Waals surface area contributed by atoms with Gasteiger partial charge in [0, 0.05) is 6.54 Å². The molecule has 0 amide bonds. The number of hydrogen-bond acceptors (Lipinski definition) is 3. The smallest absolute Gasteiger partial charge is 0.314 e. The molecular formula is C13H17NO2. The lowest BCUT2D eigenvalue weighted by molar-refractivity contribution is -0.144. The highest BCUT2D eigenvalue weighted by Crippen LogP contribution is 2.23. The number of hydrogen-bond donors (Lipinski definition) is 1. The van der Waals surface area contributed by atoms with Gasteiger partial charge in [0.25, 0.3) is 0 Å². The van der Waals surface area contributed by atoms with Gasteiger partial charge >= 0.3 is 5.97 Å². The highest BCUT2D eigenvalue weighted by atomic mass is 16.5. The summed E-state index contributed by atoms with van der Waals surface area (Å²) in [7, 11) is 0. The molecular weight excluding hydrogens is 202 g/mol. The topological polar surface area (TPSA) is 38.3 Å². The Hall–Kier alpha value is -1.35. The Morgan fingerprint density at radius 3 is 3.12 bits per heavy atom. The summed E-state index contributed by atoms with van der Waals surface area (Å²) in [6.45, 7) is 3.88. The van der Waals surface area contributed by atoms with Gasteiger partial charge in [-0.3, -0.25) is 4.79 Å². The highest BCUT2D eigenvalue weighted by molar-refractivity contribution is 5.79. The molecule has 0 aliphatic carbocycles. The van der Waals surface area contributed by atoms with E-state index in [1.165, 1.54) is 5.56 Å². The summed E-state index contributed by atoms with van der Waals surface area (Å²) < 4.78 is 5.11. The molecule has 1 N–H and O–H groups in total. The monoisotopic (exact) mass is 219 g/mol. The molecule has 0 bridgehead atoms. The largest absolute Gasteiger partial charge is 0.465 e. The number of carbonyl (C=O) groups is 1. The van der Waals surface area contributed by atoms with Crippen LogP contribution in [0.4, 0.5) is 0 Å². The van der Waals surface area contributed by atoms with E-state index in [0.29, 0.717) is 13.2 Å². The van der Waals surface area contributed by atoms with E-state index in [0.717, 1.165) is 18.5 Å². The summed E-state index contributed by atoms with van der Waals surface area (Å²) in [4.78, 5) is 11.9. The fourth-order valence-electron chi connectivity index (χ4n) is 2.13. The lowest BCUT2D eigenvalue weighted by Gasteiger charge is -2.15. The van der Waals surface area contributed by atoms with Gasteiger partial charge in [0.1, 0.15) is 0 Å². The van der Waals surface area contributed by atoms with Crippen molar-refractivity contribution in [3.63, 3.8) is 0 Å². The normalized spacial score (nSPS) is 19.7. The third kappa shape index (κ3) is 2.25. The summed E-state index contributed by atoms with van der Waals surface area (Å²) in [6, 6.07) is 8.13. The van der Waals surface area contributed by atoms with Crippen LogP contribution in [0.15, 0.2) is 24.3 Å². The molecule has 1 unspecified atom stereocenters. The van der Waals surface area contributed by atoms with E-state index >= 15 is 0 Å². The second-order valence-electron chi connectivity index (χ2n) is 3.96. The molecule has 0 saturated carbocycles. The molecule has 0 saturated heterocycles. The van der Waals surface area contributed by atoms with E-state index in [9.17, 15) is 4.79 Å². The molecule has 0 aromatic heterocycles. The Bertz CT molecular complexity index is 376. The number of rotatable bonds is 2. The van der Waals surface area contributed by atoms with Crippen molar-refractivity contribution in [1.82, 2.24) is 5.32 Å². The SMILES string of the molecule is CCOC(=O)C1CNCCc2ccccc21. The van der Waals surface area contributed by atoms with Crippen molar-refractivity contribution in [1.29, 1.82) is 0 Å². The summed E-state index contributed by atoms with van der Waals surface area (Å²) in [5.41, 5.74) is 2.37. The summed E-state index contributed by atoms with van der Waals surface area (Å²) in [5.74, 6) is -0.275. The zero-order valence-electron chi connectivity index (χ0n) is 9.53. The molecule has 3 heteroatoms. The second kappa shape index (κ2) is 5.12. The summed E-state index contributed by atoms with van der Waals surface area (Å²) in [5, 5.41) is 3.28. The van der Waals surface area contributed by atoms with Crippen LogP contribution < -0.4 is 5.32 Å². The molecule has 16 heavy (non-hydrogen) atoms. The molecule has 2 rings (SSSR count). The summed E-state index contributed by atoms with van der Waals surface area (Å²) in [6.07, 6.45) is 0.978. The molecule has 3 nitrogen and oxygen atoms in total. The van der Waals surface area contributed by atoms with Crippen LogP contribution in [0, 0.1) is 0 Å². The van der Waals surface area contributed by atoms with Crippen LogP contribution in [0.2, 0.25) is 0 Å². The van der Waals surface area contributed by atoms with Gasteiger partial charge in [-0.05, 0) is 31.0 Å².